The van der Waals surface area contributed by atoms with Gasteiger partial charge < -0.3 is 4.74 Å². The molecule has 0 aliphatic heterocycles. The smallest absolute Gasteiger partial charge is 0.126 e. The van der Waals surface area contributed by atoms with Crippen LogP contribution >= 0.6 is 23.2 Å². The summed E-state index contributed by atoms with van der Waals surface area (Å²) in [7, 11) is 1.67. The fourth-order valence-corrected chi connectivity index (χ4v) is 2.34. The van der Waals surface area contributed by atoms with Gasteiger partial charge in [0, 0.05) is 17.3 Å². The minimum Gasteiger partial charge on any atom is -0.496 e. The standard InChI is InChI=1S/C15H14Cl2O/c1-18-15-5-3-2-4-13(15)14-8-11(9-16)6-7-12(14)10-17/h2-8H,9-10H2,1H3. The Balaban J connectivity index is 2.60. The highest BCUT2D eigenvalue weighted by molar-refractivity contribution is 6.18. The van der Waals surface area contributed by atoms with Gasteiger partial charge in [-0.2, -0.15) is 0 Å². The molecule has 0 aliphatic carbocycles. The second kappa shape index (κ2) is 6.12. The molecule has 0 heterocycles. The van der Waals surface area contributed by atoms with Crippen molar-refractivity contribution < 1.29 is 4.74 Å². The topological polar surface area (TPSA) is 9.23 Å². The van der Waals surface area contributed by atoms with Gasteiger partial charge in [0.2, 0.25) is 0 Å². The number of alkyl halides is 2. The first-order valence-electron chi connectivity index (χ1n) is 5.67. The van der Waals surface area contributed by atoms with Crippen LogP contribution in [0.1, 0.15) is 11.1 Å². The third kappa shape index (κ3) is 2.63. The molecule has 18 heavy (non-hydrogen) atoms. The molecule has 3 heteroatoms. The monoisotopic (exact) mass is 280 g/mol. The Hall–Kier alpha value is -1.18. The molecule has 2 aromatic rings. The van der Waals surface area contributed by atoms with Crippen LogP contribution in [0.4, 0.5) is 0 Å². The zero-order valence-electron chi connectivity index (χ0n) is 10.1. The molecule has 0 fully saturated rings. The second-order valence-corrected chi connectivity index (χ2v) is 4.49. The lowest BCUT2D eigenvalue weighted by Crippen LogP contribution is -1.92. The van der Waals surface area contributed by atoms with Gasteiger partial charge in [-0.05, 0) is 28.8 Å². The predicted octanol–water partition coefficient (Wildman–Crippen LogP) is 4.84. The summed E-state index contributed by atoms with van der Waals surface area (Å²) < 4.78 is 5.40. The number of benzene rings is 2. The molecule has 2 rings (SSSR count). The van der Waals surface area contributed by atoms with Gasteiger partial charge in [-0.25, -0.2) is 0 Å². The van der Waals surface area contributed by atoms with Crippen LogP contribution in [0.15, 0.2) is 42.5 Å². The van der Waals surface area contributed by atoms with Gasteiger partial charge in [0.15, 0.2) is 0 Å². The summed E-state index contributed by atoms with van der Waals surface area (Å²) in [5.74, 6) is 1.80. The molecule has 0 spiro atoms. The van der Waals surface area contributed by atoms with Crippen molar-refractivity contribution in [2.24, 2.45) is 0 Å². The van der Waals surface area contributed by atoms with Gasteiger partial charge in [0.05, 0.1) is 7.11 Å². The van der Waals surface area contributed by atoms with E-state index in [2.05, 4.69) is 6.07 Å². The number of para-hydroxylation sites is 1. The van der Waals surface area contributed by atoms with Gasteiger partial charge >= 0.3 is 0 Å². The van der Waals surface area contributed by atoms with Crippen molar-refractivity contribution in [1.29, 1.82) is 0 Å². The Bertz CT molecular complexity index is 538. The molecule has 0 radical (unpaired) electrons. The van der Waals surface area contributed by atoms with Crippen LogP contribution in [0.2, 0.25) is 0 Å². The van der Waals surface area contributed by atoms with Crippen molar-refractivity contribution in [2.45, 2.75) is 11.8 Å². The molecular formula is C15H14Cl2O. The largest absolute Gasteiger partial charge is 0.496 e. The molecule has 0 amide bonds. The molecule has 0 saturated heterocycles. The highest BCUT2D eigenvalue weighted by Gasteiger charge is 2.10. The van der Waals surface area contributed by atoms with E-state index in [4.69, 9.17) is 27.9 Å². The Kier molecular flexibility index (Phi) is 4.51. The van der Waals surface area contributed by atoms with E-state index in [1.165, 1.54) is 0 Å². The fourth-order valence-electron chi connectivity index (χ4n) is 1.94. The zero-order chi connectivity index (χ0) is 13.0. The summed E-state index contributed by atoms with van der Waals surface area (Å²) in [4.78, 5) is 0. The Morgan fingerprint density at radius 2 is 1.72 bits per heavy atom. The quantitative estimate of drug-likeness (QED) is 0.729. The van der Waals surface area contributed by atoms with Crippen LogP contribution in [0, 0.1) is 0 Å². The van der Waals surface area contributed by atoms with Gasteiger partial charge in [-0.15, -0.1) is 23.2 Å². The lowest BCUT2D eigenvalue weighted by Gasteiger charge is -2.13. The van der Waals surface area contributed by atoms with E-state index < -0.39 is 0 Å². The third-order valence-electron chi connectivity index (χ3n) is 2.87. The normalized spacial score (nSPS) is 10.4. The Labute approximate surface area is 117 Å². The third-order valence-corrected chi connectivity index (χ3v) is 3.47. The minimum absolute atomic E-state index is 0.468. The maximum Gasteiger partial charge on any atom is 0.126 e. The summed E-state index contributed by atoms with van der Waals surface area (Å²) in [6.07, 6.45) is 0. The van der Waals surface area contributed by atoms with E-state index in [0.717, 1.165) is 28.0 Å². The highest BCUT2D eigenvalue weighted by atomic mass is 35.5. The van der Waals surface area contributed by atoms with E-state index in [1.807, 2.05) is 36.4 Å². The van der Waals surface area contributed by atoms with Crippen LogP contribution in [-0.4, -0.2) is 7.11 Å². The summed E-state index contributed by atoms with van der Waals surface area (Å²) in [5.41, 5.74) is 4.28. The minimum atomic E-state index is 0.468. The van der Waals surface area contributed by atoms with Crippen molar-refractivity contribution in [3.8, 4) is 16.9 Å². The highest BCUT2D eigenvalue weighted by Crippen LogP contribution is 2.33. The molecule has 0 saturated carbocycles. The van der Waals surface area contributed by atoms with E-state index in [1.54, 1.807) is 7.11 Å². The van der Waals surface area contributed by atoms with Gasteiger partial charge in [-0.1, -0.05) is 30.3 Å². The molecular weight excluding hydrogens is 267 g/mol. The lowest BCUT2D eigenvalue weighted by atomic mass is 9.97. The lowest BCUT2D eigenvalue weighted by molar-refractivity contribution is 0.416. The van der Waals surface area contributed by atoms with E-state index in [9.17, 15) is 0 Å². The molecule has 0 aromatic heterocycles. The number of hydrogen-bond donors (Lipinski definition) is 0. The second-order valence-electron chi connectivity index (χ2n) is 3.96. The van der Waals surface area contributed by atoms with Crippen LogP contribution in [0.25, 0.3) is 11.1 Å². The van der Waals surface area contributed by atoms with Crippen molar-refractivity contribution >= 4 is 23.2 Å². The zero-order valence-corrected chi connectivity index (χ0v) is 11.6. The first-order valence-corrected chi connectivity index (χ1v) is 6.74. The number of hydrogen-bond acceptors (Lipinski definition) is 1. The van der Waals surface area contributed by atoms with Crippen molar-refractivity contribution in [1.82, 2.24) is 0 Å². The average molecular weight is 281 g/mol. The molecule has 1 nitrogen and oxygen atoms in total. The maximum atomic E-state index is 6.00. The molecule has 0 N–H and O–H groups in total. The summed E-state index contributed by atoms with van der Waals surface area (Å²) in [5, 5.41) is 0. The van der Waals surface area contributed by atoms with Gasteiger partial charge in [0.25, 0.3) is 0 Å². The van der Waals surface area contributed by atoms with Crippen LogP contribution < -0.4 is 4.74 Å². The average Bonchev–Trinajstić information content (AvgIpc) is 2.46. The molecule has 0 aliphatic rings. The van der Waals surface area contributed by atoms with Gasteiger partial charge in [0.1, 0.15) is 5.75 Å². The summed E-state index contributed by atoms with van der Waals surface area (Å²) >= 11 is 11.9. The summed E-state index contributed by atoms with van der Waals surface area (Å²) in [6, 6.07) is 14.0. The number of methoxy groups -OCH3 is 1. The maximum absolute atomic E-state index is 6.00. The van der Waals surface area contributed by atoms with Crippen molar-refractivity contribution in [3.05, 3.63) is 53.6 Å². The molecule has 94 valence electrons. The Morgan fingerprint density at radius 1 is 0.944 bits per heavy atom. The van der Waals surface area contributed by atoms with Crippen LogP contribution in [0.5, 0.6) is 5.75 Å². The van der Waals surface area contributed by atoms with Gasteiger partial charge in [-0.3, -0.25) is 0 Å². The van der Waals surface area contributed by atoms with E-state index >= 15 is 0 Å². The SMILES string of the molecule is COc1ccccc1-c1cc(CCl)ccc1CCl. The predicted molar refractivity (Wildman–Crippen MR) is 77.5 cm³/mol. The number of rotatable bonds is 4. The van der Waals surface area contributed by atoms with Crippen molar-refractivity contribution in [3.63, 3.8) is 0 Å². The molecule has 0 bridgehead atoms. The van der Waals surface area contributed by atoms with Crippen LogP contribution in [-0.2, 0) is 11.8 Å². The molecule has 2 aromatic carbocycles. The number of halogens is 2. The van der Waals surface area contributed by atoms with Crippen molar-refractivity contribution in [2.75, 3.05) is 7.11 Å². The van der Waals surface area contributed by atoms with E-state index in [0.29, 0.717) is 11.8 Å². The first kappa shape index (κ1) is 13.3. The first-order chi connectivity index (χ1) is 8.80. The Morgan fingerprint density at radius 3 is 2.39 bits per heavy atom. The van der Waals surface area contributed by atoms with Crippen LogP contribution in [0.3, 0.4) is 0 Å². The summed E-state index contributed by atoms with van der Waals surface area (Å²) in [6.45, 7) is 0. The fraction of sp³-hybridized carbons (Fsp3) is 0.200. The number of ether oxygens (including phenoxy) is 1. The molecule has 0 atom stereocenters. The van der Waals surface area contributed by atoms with E-state index in [-0.39, 0.29) is 0 Å². The molecule has 0 unspecified atom stereocenters.